The smallest absolute Gasteiger partial charge is 0.262 e. The van der Waals surface area contributed by atoms with Gasteiger partial charge in [-0.1, -0.05) is 12.1 Å². The second-order valence-electron chi connectivity index (χ2n) is 6.05. The zero-order valence-electron chi connectivity index (χ0n) is 13.9. The molecule has 0 N–H and O–H groups in total. The molecule has 0 fully saturated rings. The molecule has 1 aliphatic rings. The summed E-state index contributed by atoms with van der Waals surface area (Å²) in [4.78, 5) is 19.6. The van der Waals surface area contributed by atoms with E-state index in [1.165, 1.54) is 4.88 Å². The van der Waals surface area contributed by atoms with Crippen molar-refractivity contribution in [1.29, 1.82) is 0 Å². The number of nitrogens with zero attached hydrogens (tertiary/aromatic N) is 2. The van der Waals surface area contributed by atoms with Gasteiger partial charge in [0, 0.05) is 11.4 Å². The molecule has 2 aromatic heterocycles. The summed E-state index contributed by atoms with van der Waals surface area (Å²) in [6.07, 6.45) is 2.95. The Bertz CT molecular complexity index is 1030. The van der Waals surface area contributed by atoms with E-state index in [1.54, 1.807) is 18.4 Å². The summed E-state index contributed by atoms with van der Waals surface area (Å²) in [6, 6.07) is 7.92. The van der Waals surface area contributed by atoms with Crippen LogP contribution >= 0.6 is 11.3 Å². The first-order chi connectivity index (χ1) is 11.6. The van der Waals surface area contributed by atoms with Crippen LogP contribution in [0.4, 0.5) is 0 Å². The predicted molar refractivity (Wildman–Crippen MR) is 98.8 cm³/mol. The number of allylic oxidation sites excluding steroid dienone is 1. The first-order valence-corrected chi connectivity index (χ1v) is 8.75. The van der Waals surface area contributed by atoms with Crippen LogP contribution in [-0.2, 0) is 6.54 Å². The van der Waals surface area contributed by atoms with Gasteiger partial charge in [0.25, 0.3) is 5.56 Å². The van der Waals surface area contributed by atoms with Crippen LogP contribution in [0.2, 0.25) is 0 Å². The van der Waals surface area contributed by atoms with E-state index in [0.717, 1.165) is 44.9 Å². The van der Waals surface area contributed by atoms with E-state index in [-0.39, 0.29) is 5.56 Å². The Balaban J connectivity index is 1.85. The minimum atomic E-state index is 0.0926. The van der Waals surface area contributed by atoms with Crippen LogP contribution in [0.1, 0.15) is 28.2 Å². The van der Waals surface area contributed by atoms with Crippen LogP contribution < -0.4 is 10.3 Å². The Morgan fingerprint density at radius 1 is 1.25 bits per heavy atom. The predicted octanol–water partition coefficient (Wildman–Crippen LogP) is 4.03. The van der Waals surface area contributed by atoms with Crippen molar-refractivity contribution in [3.05, 3.63) is 56.4 Å². The second kappa shape index (κ2) is 5.60. The highest BCUT2D eigenvalue weighted by Crippen LogP contribution is 2.32. The van der Waals surface area contributed by atoms with Gasteiger partial charge in [0.2, 0.25) is 0 Å². The first kappa shape index (κ1) is 15.1. The van der Waals surface area contributed by atoms with Crippen LogP contribution in [0.5, 0.6) is 5.75 Å². The monoisotopic (exact) mass is 338 g/mol. The maximum absolute atomic E-state index is 12.8. The molecule has 1 aromatic carbocycles. The Morgan fingerprint density at radius 2 is 2.00 bits per heavy atom. The van der Waals surface area contributed by atoms with E-state index in [1.807, 2.05) is 42.7 Å². The summed E-state index contributed by atoms with van der Waals surface area (Å²) in [5.74, 6) is 1.65. The number of hydrogen-bond acceptors (Lipinski definition) is 4. The van der Waals surface area contributed by atoms with Crippen molar-refractivity contribution in [2.45, 2.75) is 26.8 Å². The van der Waals surface area contributed by atoms with Crippen molar-refractivity contribution in [2.24, 2.45) is 0 Å². The number of thiophene rings is 1. The van der Waals surface area contributed by atoms with Gasteiger partial charge in [-0.25, -0.2) is 4.98 Å². The highest BCUT2D eigenvalue weighted by atomic mass is 32.1. The summed E-state index contributed by atoms with van der Waals surface area (Å²) >= 11 is 1.60. The van der Waals surface area contributed by atoms with Crippen molar-refractivity contribution >= 4 is 33.2 Å². The maximum Gasteiger partial charge on any atom is 0.262 e. The van der Waals surface area contributed by atoms with Crippen LogP contribution in [-0.4, -0.2) is 16.7 Å². The molecule has 3 heterocycles. The molecule has 0 radical (unpaired) electrons. The molecule has 3 aromatic rings. The van der Waals surface area contributed by atoms with Gasteiger partial charge in [0.1, 0.15) is 16.4 Å². The molecule has 122 valence electrons. The van der Waals surface area contributed by atoms with Gasteiger partial charge in [-0.2, -0.15) is 0 Å². The van der Waals surface area contributed by atoms with Gasteiger partial charge in [-0.05, 0) is 55.2 Å². The topological polar surface area (TPSA) is 44.1 Å². The molecule has 4 nitrogen and oxygen atoms in total. The highest BCUT2D eigenvalue weighted by molar-refractivity contribution is 7.18. The van der Waals surface area contributed by atoms with Crippen LogP contribution in [0.25, 0.3) is 21.9 Å². The molecule has 24 heavy (non-hydrogen) atoms. The lowest BCUT2D eigenvalue weighted by molar-refractivity contribution is 0.415. The van der Waals surface area contributed by atoms with Crippen LogP contribution in [0.15, 0.2) is 29.1 Å². The zero-order chi connectivity index (χ0) is 16.8. The van der Waals surface area contributed by atoms with E-state index in [2.05, 4.69) is 6.08 Å². The minimum absolute atomic E-state index is 0.0926. The van der Waals surface area contributed by atoms with E-state index in [4.69, 9.17) is 9.72 Å². The fraction of sp³-hybridized carbons (Fsp3) is 0.263. The molecule has 0 saturated heterocycles. The fourth-order valence-corrected chi connectivity index (χ4v) is 4.18. The summed E-state index contributed by atoms with van der Waals surface area (Å²) in [5.41, 5.74) is 3.36. The van der Waals surface area contributed by atoms with E-state index in [0.29, 0.717) is 6.54 Å². The Kier molecular flexibility index (Phi) is 3.53. The largest absolute Gasteiger partial charge is 0.497 e. The molecule has 0 aliphatic carbocycles. The number of hydrogen-bond donors (Lipinski definition) is 0. The number of benzene rings is 1. The molecule has 0 spiro atoms. The van der Waals surface area contributed by atoms with Gasteiger partial charge >= 0.3 is 0 Å². The average molecular weight is 338 g/mol. The lowest BCUT2D eigenvalue weighted by atomic mass is 10.1. The zero-order valence-corrected chi connectivity index (χ0v) is 14.7. The summed E-state index contributed by atoms with van der Waals surface area (Å²) in [6.45, 7) is 4.76. The molecule has 0 amide bonds. The summed E-state index contributed by atoms with van der Waals surface area (Å²) in [5, 5.41) is 0.784. The Labute approximate surface area is 144 Å². The van der Waals surface area contributed by atoms with Crippen molar-refractivity contribution in [1.82, 2.24) is 9.55 Å². The lowest BCUT2D eigenvalue weighted by Gasteiger charge is -2.04. The van der Waals surface area contributed by atoms with Crippen molar-refractivity contribution < 1.29 is 4.74 Å². The van der Waals surface area contributed by atoms with Crippen molar-refractivity contribution in [3.8, 4) is 5.75 Å². The summed E-state index contributed by atoms with van der Waals surface area (Å²) in [7, 11) is 1.66. The number of fused-ring (bicyclic) bond motifs is 2. The van der Waals surface area contributed by atoms with Crippen LogP contribution in [0, 0.1) is 13.8 Å². The number of ether oxygens (including phenoxy) is 1. The van der Waals surface area contributed by atoms with Gasteiger partial charge in [-0.3, -0.25) is 9.36 Å². The Hall–Kier alpha value is -2.40. The van der Waals surface area contributed by atoms with E-state index in [9.17, 15) is 4.79 Å². The maximum atomic E-state index is 12.8. The minimum Gasteiger partial charge on any atom is -0.497 e. The van der Waals surface area contributed by atoms with Crippen LogP contribution in [0.3, 0.4) is 0 Å². The molecule has 1 aliphatic heterocycles. The van der Waals surface area contributed by atoms with Crippen molar-refractivity contribution in [2.75, 3.05) is 7.11 Å². The quantitative estimate of drug-likeness (QED) is 0.709. The molecule has 0 bridgehead atoms. The first-order valence-electron chi connectivity index (χ1n) is 7.94. The number of methoxy groups -OCH3 is 1. The number of aromatic nitrogens is 2. The average Bonchev–Trinajstić information content (AvgIpc) is 3.11. The van der Waals surface area contributed by atoms with E-state index < -0.39 is 0 Å². The van der Waals surface area contributed by atoms with Gasteiger partial charge in [0.15, 0.2) is 0 Å². The third-order valence-electron chi connectivity index (χ3n) is 4.64. The highest BCUT2D eigenvalue weighted by Gasteiger charge is 2.23. The molecular formula is C19H18N2O2S. The SMILES string of the molecule is COc1ccc(C=C2CCn3c2nc2sc(C)c(C)c2c3=O)cc1. The fourth-order valence-electron chi connectivity index (χ4n) is 3.16. The molecule has 5 heteroatoms. The lowest BCUT2D eigenvalue weighted by Crippen LogP contribution is -2.20. The molecule has 0 saturated carbocycles. The van der Waals surface area contributed by atoms with Gasteiger partial charge < -0.3 is 4.74 Å². The summed E-state index contributed by atoms with van der Waals surface area (Å²) < 4.78 is 7.01. The third kappa shape index (κ3) is 2.27. The molecule has 0 unspecified atom stereocenters. The standard InChI is InChI=1S/C19H18N2O2S/c1-11-12(2)24-18-16(11)19(22)21-9-8-14(17(21)20-18)10-13-4-6-15(23-3)7-5-13/h4-7,10H,8-9H2,1-3H3. The van der Waals surface area contributed by atoms with Crippen molar-refractivity contribution in [3.63, 3.8) is 0 Å². The number of rotatable bonds is 2. The van der Waals surface area contributed by atoms with E-state index >= 15 is 0 Å². The van der Waals surface area contributed by atoms with Gasteiger partial charge in [-0.15, -0.1) is 11.3 Å². The van der Waals surface area contributed by atoms with Gasteiger partial charge in [0.05, 0.1) is 12.5 Å². The second-order valence-corrected chi connectivity index (χ2v) is 7.25. The number of aryl methyl sites for hydroxylation is 2. The third-order valence-corrected chi connectivity index (χ3v) is 5.74. The molecule has 4 rings (SSSR count). The molecular weight excluding hydrogens is 320 g/mol. The Morgan fingerprint density at radius 3 is 2.71 bits per heavy atom. The normalized spacial score (nSPS) is 15.2. The molecule has 0 atom stereocenters.